The second kappa shape index (κ2) is 4.18. The minimum Gasteiger partial charge on any atom is -0.477 e. The van der Waals surface area contributed by atoms with Gasteiger partial charge in [0.15, 0.2) is 5.71 Å². The maximum atomic E-state index is 10.7. The molecule has 0 fully saturated rings. The summed E-state index contributed by atoms with van der Waals surface area (Å²) < 4.78 is 0. The molecule has 0 saturated heterocycles. The molecule has 92 valence electrons. The second-order valence-corrected chi connectivity index (χ2v) is 4.34. The lowest BCUT2D eigenvalue weighted by atomic mass is 10.0. The predicted molar refractivity (Wildman–Crippen MR) is 66.6 cm³/mol. The van der Waals surface area contributed by atoms with Crippen LogP contribution >= 0.6 is 0 Å². The van der Waals surface area contributed by atoms with Gasteiger partial charge in [-0.3, -0.25) is 0 Å². The predicted octanol–water partition coefficient (Wildman–Crippen LogP) is 1.94. The summed E-state index contributed by atoms with van der Waals surface area (Å²) in [5, 5.41) is 13.5. The zero-order valence-electron chi connectivity index (χ0n) is 9.59. The molecule has 2 N–H and O–H groups in total. The molecular weight excluding hydrogens is 232 g/mol. The van der Waals surface area contributed by atoms with E-state index in [1.54, 1.807) is 0 Å². The molecule has 0 bridgehead atoms. The Morgan fingerprint density at radius 3 is 3.11 bits per heavy atom. The first-order valence-corrected chi connectivity index (χ1v) is 5.75. The zero-order valence-corrected chi connectivity index (χ0v) is 9.59. The Morgan fingerprint density at radius 2 is 2.33 bits per heavy atom. The van der Waals surface area contributed by atoms with Crippen LogP contribution in [0.1, 0.15) is 12.0 Å². The molecule has 1 aliphatic rings. The maximum absolute atomic E-state index is 10.7. The van der Waals surface area contributed by atoms with Gasteiger partial charge in [-0.1, -0.05) is 23.4 Å². The van der Waals surface area contributed by atoms with Crippen LogP contribution in [0.15, 0.2) is 35.6 Å². The van der Waals surface area contributed by atoms with E-state index < -0.39 is 5.97 Å². The topological polar surface area (TPSA) is 74.7 Å². The first-order valence-electron chi connectivity index (χ1n) is 5.75. The number of aromatic amines is 1. The Kier molecular flexibility index (Phi) is 2.51. The summed E-state index contributed by atoms with van der Waals surface area (Å²) in [5.41, 5.74) is 2.29. The minimum absolute atomic E-state index is 0.0971. The number of carbonyl (C=O) groups is 1. The first-order chi connectivity index (χ1) is 8.74. The normalized spacial score (nSPS) is 18.7. The average molecular weight is 244 g/mol. The number of para-hydroxylation sites is 1. The lowest BCUT2D eigenvalue weighted by Gasteiger charge is -2.06. The molecule has 1 aromatic carbocycles. The molecule has 0 radical (unpaired) electrons. The van der Waals surface area contributed by atoms with E-state index in [4.69, 9.17) is 9.94 Å². The molecule has 1 aliphatic heterocycles. The molecule has 0 amide bonds. The molecule has 2 heterocycles. The van der Waals surface area contributed by atoms with Crippen molar-refractivity contribution in [1.29, 1.82) is 0 Å². The highest BCUT2D eigenvalue weighted by Crippen LogP contribution is 2.22. The van der Waals surface area contributed by atoms with Gasteiger partial charge in [0, 0.05) is 29.9 Å². The van der Waals surface area contributed by atoms with Gasteiger partial charge in [-0.2, -0.15) is 0 Å². The van der Waals surface area contributed by atoms with Crippen LogP contribution in [0.2, 0.25) is 0 Å². The Hall–Kier alpha value is -2.30. The lowest BCUT2D eigenvalue weighted by Crippen LogP contribution is -2.16. The molecule has 0 saturated carbocycles. The smallest absolute Gasteiger partial charge is 0.353 e. The molecule has 0 aliphatic carbocycles. The fraction of sp³-hybridized carbons (Fsp3) is 0.231. The third-order valence-electron chi connectivity index (χ3n) is 3.10. The number of nitrogens with one attached hydrogen (secondary N) is 1. The van der Waals surface area contributed by atoms with Gasteiger partial charge in [0.25, 0.3) is 0 Å². The van der Waals surface area contributed by atoms with Gasteiger partial charge >= 0.3 is 5.97 Å². The number of aromatic nitrogens is 1. The summed E-state index contributed by atoms with van der Waals surface area (Å²) in [6, 6.07) is 8.00. The fourth-order valence-corrected chi connectivity index (χ4v) is 2.21. The fourth-order valence-electron chi connectivity index (χ4n) is 2.21. The van der Waals surface area contributed by atoms with Crippen molar-refractivity contribution in [1.82, 2.24) is 4.98 Å². The molecule has 0 spiro atoms. The monoisotopic (exact) mass is 244 g/mol. The number of benzene rings is 1. The summed E-state index contributed by atoms with van der Waals surface area (Å²) in [5.74, 6) is -1.00. The molecule has 2 aromatic rings. The zero-order chi connectivity index (χ0) is 12.5. The quantitative estimate of drug-likeness (QED) is 0.866. The van der Waals surface area contributed by atoms with Crippen molar-refractivity contribution in [2.75, 3.05) is 0 Å². The van der Waals surface area contributed by atoms with E-state index in [0.717, 1.165) is 16.5 Å². The van der Waals surface area contributed by atoms with Gasteiger partial charge < -0.3 is 14.9 Å². The van der Waals surface area contributed by atoms with E-state index >= 15 is 0 Å². The molecule has 5 heteroatoms. The average Bonchev–Trinajstić information content (AvgIpc) is 2.98. The van der Waals surface area contributed by atoms with Crippen molar-refractivity contribution in [2.45, 2.75) is 18.9 Å². The number of hydrogen-bond acceptors (Lipinski definition) is 3. The van der Waals surface area contributed by atoms with Crippen molar-refractivity contribution in [3.63, 3.8) is 0 Å². The maximum Gasteiger partial charge on any atom is 0.353 e. The number of hydrogen-bond donors (Lipinski definition) is 2. The van der Waals surface area contributed by atoms with Crippen LogP contribution in [0.5, 0.6) is 0 Å². The van der Waals surface area contributed by atoms with Crippen LogP contribution < -0.4 is 0 Å². The number of aliphatic carboxylic acids is 1. The Balaban J connectivity index is 1.77. The van der Waals surface area contributed by atoms with Crippen LogP contribution in [0.25, 0.3) is 10.9 Å². The third-order valence-corrected chi connectivity index (χ3v) is 3.10. The van der Waals surface area contributed by atoms with Gasteiger partial charge in [-0.05, 0) is 11.6 Å². The van der Waals surface area contributed by atoms with Gasteiger partial charge in [-0.15, -0.1) is 0 Å². The van der Waals surface area contributed by atoms with Crippen molar-refractivity contribution in [3.05, 3.63) is 36.0 Å². The van der Waals surface area contributed by atoms with Crippen LogP contribution in [0, 0.1) is 0 Å². The molecule has 1 aromatic heterocycles. The van der Waals surface area contributed by atoms with E-state index in [9.17, 15) is 4.79 Å². The number of rotatable bonds is 3. The van der Waals surface area contributed by atoms with Crippen LogP contribution in [-0.2, 0) is 16.1 Å². The van der Waals surface area contributed by atoms with E-state index in [1.807, 2.05) is 30.5 Å². The Morgan fingerprint density at radius 1 is 1.50 bits per heavy atom. The SMILES string of the molecule is O=C(O)C1=NO[C@H](Cc2c[nH]c3ccccc23)C1. The number of carboxylic acid groups (broad SMARTS) is 1. The van der Waals surface area contributed by atoms with Crippen LogP contribution in [0.3, 0.4) is 0 Å². The highest BCUT2D eigenvalue weighted by Gasteiger charge is 2.26. The minimum atomic E-state index is -1.00. The lowest BCUT2D eigenvalue weighted by molar-refractivity contribution is -0.129. The first kappa shape index (κ1) is 10.8. The third kappa shape index (κ3) is 1.84. The van der Waals surface area contributed by atoms with E-state index in [0.29, 0.717) is 12.8 Å². The summed E-state index contributed by atoms with van der Waals surface area (Å²) in [6.07, 6.45) is 2.77. The van der Waals surface area contributed by atoms with Crippen molar-refractivity contribution >= 4 is 22.6 Å². The van der Waals surface area contributed by atoms with Gasteiger partial charge in [0.1, 0.15) is 6.10 Å². The van der Waals surface area contributed by atoms with E-state index in [2.05, 4.69) is 10.1 Å². The van der Waals surface area contributed by atoms with E-state index in [-0.39, 0.29) is 11.8 Å². The molecular formula is C13H12N2O3. The summed E-state index contributed by atoms with van der Waals surface area (Å²) in [7, 11) is 0. The van der Waals surface area contributed by atoms with Crippen molar-refractivity contribution in [3.8, 4) is 0 Å². The molecule has 18 heavy (non-hydrogen) atoms. The highest BCUT2D eigenvalue weighted by molar-refractivity contribution is 6.35. The van der Waals surface area contributed by atoms with Crippen molar-refractivity contribution in [2.24, 2.45) is 5.16 Å². The Bertz CT molecular complexity index is 630. The summed E-state index contributed by atoms with van der Waals surface area (Å²) in [6.45, 7) is 0. The van der Waals surface area contributed by atoms with Gasteiger partial charge in [0.05, 0.1) is 0 Å². The molecule has 0 unspecified atom stereocenters. The van der Waals surface area contributed by atoms with Gasteiger partial charge in [0.2, 0.25) is 0 Å². The number of oxime groups is 1. The highest BCUT2D eigenvalue weighted by atomic mass is 16.6. The molecule has 1 atom stereocenters. The number of nitrogens with zero attached hydrogens (tertiary/aromatic N) is 1. The van der Waals surface area contributed by atoms with Crippen LogP contribution in [0.4, 0.5) is 0 Å². The van der Waals surface area contributed by atoms with Crippen molar-refractivity contribution < 1.29 is 14.7 Å². The Labute approximate surface area is 103 Å². The molecule has 5 nitrogen and oxygen atoms in total. The summed E-state index contributed by atoms with van der Waals surface area (Å²) >= 11 is 0. The largest absolute Gasteiger partial charge is 0.477 e. The van der Waals surface area contributed by atoms with Crippen LogP contribution in [-0.4, -0.2) is 27.9 Å². The number of carboxylic acids is 1. The molecule has 3 rings (SSSR count). The van der Waals surface area contributed by atoms with E-state index in [1.165, 1.54) is 0 Å². The number of fused-ring (bicyclic) bond motifs is 1. The standard InChI is InChI=1S/C13H12N2O3/c16-13(17)12-6-9(18-15-12)5-8-7-14-11-4-2-1-3-10(8)11/h1-4,7,9,14H,5-6H2,(H,16,17)/t9-/m1/s1. The number of H-pyrrole nitrogens is 1. The van der Waals surface area contributed by atoms with Gasteiger partial charge in [-0.25, -0.2) is 4.79 Å². The second-order valence-electron chi connectivity index (χ2n) is 4.34. The summed E-state index contributed by atoms with van der Waals surface area (Å²) in [4.78, 5) is 19.1.